The molecule has 100 valence electrons. The zero-order valence-corrected chi connectivity index (χ0v) is 13.6. The third-order valence-corrected chi connectivity index (χ3v) is 4.85. The summed E-state index contributed by atoms with van der Waals surface area (Å²) in [7, 11) is 0. The summed E-state index contributed by atoms with van der Waals surface area (Å²) in [5, 5.41) is 2.97. The number of benzene rings is 1. The predicted molar refractivity (Wildman–Crippen MR) is 83.8 cm³/mol. The normalized spacial score (nSPS) is 10.5. The summed E-state index contributed by atoms with van der Waals surface area (Å²) in [6.45, 7) is 6.75. The number of carbonyl (C=O) groups excluding carboxylic acids is 1. The van der Waals surface area contributed by atoms with Gasteiger partial charge in [-0.15, -0.1) is 11.3 Å². The molecule has 0 atom stereocenters. The number of rotatable bonds is 3. The summed E-state index contributed by atoms with van der Waals surface area (Å²) in [5.74, 6) is -0.0423. The van der Waals surface area contributed by atoms with Gasteiger partial charge in [0, 0.05) is 14.2 Å². The Bertz CT molecular complexity index is 599. The van der Waals surface area contributed by atoms with Crippen LogP contribution in [0.5, 0.6) is 0 Å². The van der Waals surface area contributed by atoms with Gasteiger partial charge >= 0.3 is 0 Å². The molecule has 0 saturated heterocycles. The van der Waals surface area contributed by atoms with Gasteiger partial charge < -0.3 is 5.32 Å². The first-order valence-corrected chi connectivity index (χ1v) is 7.68. The molecule has 0 aliphatic heterocycles. The van der Waals surface area contributed by atoms with Gasteiger partial charge in [0.25, 0.3) is 5.91 Å². The molecular weight excluding hydrogens is 322 g/mol. The Morgan fingerprint density at radius 1 is 1.26 bits per heavy atom. The molecule has 0 unspecified atom stereocenters. The number of nitrogens with one attached hydrogen (secondary N) is 1. The summed E-state index contributed by atoms with van der Waals surface area (Å²) in [5.41, 5.74) is 3.05. The number of hydrogen-bond acceptors (Lipinski definition) is 2. The fraction of sp³-hybridized carbons (Fsp3) is 0.267. The Morgan fingerprint density at radius 3 is 2.63 bits per heavy atom. The Balaban J connectivity index is 2.07. The molecule has 2 nitrogen and oxygen atoms in total. The number of halogens is 1. The summed E-state index contributed by atoms with van der Waals surface area (Å²) < 4.78 is 0.828. The average Bonchev–Trinajstić information content (AvgIpc) is 2.69. The van der Waals surface area contributed by atoms with Crippen LogP contribution in [0.15, 0.2) is 28.7 Å². The van der Waals surface area contributed by atoms with Gasteiger partial charge in [0.1, 0.15) is 0 Å². The molecule has 0 radical (unpaired) electrons. The highest BCUT2D eigenvalue weighted by atomic mass is 79.9. The van der Waals surface area contributed by atoms with Crippen molar-refractivity contribution in [1.82, 2.24) is 5.32 Å². The van der Waals surface area contributed by atoms with Crippen molar-refractivity contribution in [1.29, 1.82) is 0 Å². The molecule has 0 aliphatic rings. The lowest BCUT2D eigenvalue weighted by molar-refractivity contribution is 0.0950. The van der Waals surface area contributed by atoms with Crippen molar-refractivity contribution in [3.8, 4) is 0 Å². The monoisotopic (exact) mass is 337 g/mol. The van der Waals surface area contributed by atoms with Crippen LogP contribution < -0.4 is 5.32 Å². The number of amides is 1. The molecule has 2 rings (SSSR count). The minimum absolute atomic E-state index is 0.0423. The van der Waals surface area contributed by atoms with Gasteiger partial charge in [0.2, 0.25) is 0 Å². The number of hydrogen-bond donors (Lipinski definition) is 1. The summed E-state index contributed by atoms with van der Waals surface area (Å²) in [6, 6.07) is 7.91. The topological polar surface area (TPSA) is 29.1 Å². The Hall–Kier alpha value is -1.13. The van der Waals surface area contributed by atoms with Gasteiger partial charge in [-0.05, 0) is 60.5 Å². The van der Waals surface area contributed by atoms with E-state index in [1.807, 2.05) is 25.1 Å². The summed E-state index contributed by atoms with van der Waals surface area (Å²) in [6.07, 6.45) is 0. The van der Waals surface area contributed by atoms with E-state index in [4.69, 9.17) is 0 Å². The highest BCUT2D eigenvalue weighted by molar-refractivity contribution is 9.10. The molecule has 1 heterocycles. The molecule has 0 spiro atoms. The maximum atomic E-state index is 12.1. The minimum atomic E-state index is -0.0423. The zero-order chi connectivity index (χ0) is 14.0. The lowest BCUT2D eigenvalue weighted by atomic mass is 10.1. The number of aryl methyl sites for hydroxylation is 3. The van der Waals surface area contributed by atoms with Crippen LogP contribution in [-0.4, -0.2) is 5.91 Å². The van der Waals surface area contributed by atoms with E-state index in [0.29, 0.717) is 12.1 Å². The Morgan fingerprint density at radius 2 is 2.00 bits per heavy atom. The van der Waals surface area contributed by atoms with Crippen LogP contribution in [0.1, 0.15) is 31.2 Å². The second kappa shape index (κ2) is 5.88. The van der Waals surface area contributed by atoms with Crippen molar-refractivity contribution < 1.29 is 4.79 Å². The van der Waals surface area contributed by atoms with Crippen LogP contribution in [0.2, 0.25) is 0 Å². The number of carbonyl (C=O) groups is 1. The van der Waals surface area contributed by atoms with Gasteiger partial charge in [-0.1, -0.05) is 11.6 Å². The highest BCUT2D eigenvalue weighted by Crippen LogP contribution is 2.21. The summed E-state index contributed by atoms with van der Waals surface area (Å²) in [4.78, 5) is 14.6. The van der Waals surface area contributed by atoms with Crippen molar-refractivity contribution >= 4 is 33.2 Å². The van der Waals surface area contributed by atoms with Crippen LogP contribution in [0, 0.1) is 20.8 Å². The number of thiophene rings is 1. The maximum Gasteiger partial charge on any atom is 0.252 e. The first kappa shape index (κ1) is 14.3. The van der Waals surface area contributed by atoms with Crippen molar-refractivity contribution in [2.75, 3.05) is 0 Å². The average molecular weight is 338 g/mol. The van der Waals surface area contributed by atoms with Crippen molar-refractivity contribution in [3.63, 3.8) is 0 Å². The van der Waals surface area contributed by atoms with Crippen molar-refractivity contribution in [2.24, 2.45) is 0 Å². The highest BCUT2D eigenvalue weighted by Gasteiger charge is 2.10. The van der Waals surface area contributed by atoms with Crippen molar-refractivity contribution in [2.45, 2.75) is 27.3 Å². The second-order valence-electron chi connectivity index (χ2n) is 4.62. The van der Waals surface area contributed by atoms with Gasteiger partial charge in [0.05, 0.1) is 12.1 Å². The standard InChI is InChI=1S/C15H16BrNOS/c1-9-4-5-14(16)13(6-9)15(18)17-8-12-7-10(2)11(3)19-12/h4-7H,8H2,1-3H3,(H,17,18). The van der Waals surface area contributed by atoms with Gasteiger partial charge in [-0.2, -0.15) is 0 Å². The van der Waals surface area contributed by atoms with Crippen LogP contribution in [-0.2, 0) is 6.54 Å². The minimum Gasteiger partial charge on any atom is -0.347 e. The summed E-state index contributed by atoms with van der Waals surface area (Å²) >= 11 is 5.15. The van der Waals surface area contributed by atoms with E-state index in [0.717, 1.165) is 10.0 Å². The largest absolute Gasteiger partial charge is 0.347 e. The molecule has 2 aromatic rings. The van der Waals surface area contributed by atoms with Gasteiger partial charge in [-0.3, -0.25) is 4.79 Å². The smallest absolute Gasteiger partial charge is 0.252 e. The van der Waals surface area contributed by atoms with Gasteiger partial charge in [-0.25, -0.2) is 0 Å². The fourth-order valence-corrected chi connectivity index (χ4v) is 3.23. The molecule has 1 aromatic carbocycles. The molecule has 1 amide bonds. The first-order chi connectivity index (χ1) is 8.97. The Kier molecular flexibility index (Phi) is 4.42. The zero-order valence-electron chi connectivity index (χ0n) is 11.2. The quantitative estimate of drug-likeness (QED) is 0.885. The first-order valence-electron chi connectivity index (χ1n) is 6.07. The molecular formula is C15H16BrNOS. The second-order valence-corrected chi connectivity index (χ2v) is 6.81. The van der Waals surface area contributed by atoms with E-state index in [1.165, 1.54) is 15.3 Å². The van der Waals surface area contributed by atoms with Crippen molar-refractivity contribution in [3.05, 3.63) is 55.2 Å². The van der Waals surface area contributed by atoms with E-state index in [9.17, 15) is 4.79 Å². The van der Waals surface area contributed by atoms with Crippen LogP contribution in [0.4, 0.5) is 0 Å². The van der Waals surface area contributed by atoms with Crippen LogP contribution in [0.3, 0.4) is 0 Å². The van der Waals surface area contributed by atoms with Crippen LogP contribution in [0.25, 0.3) is 0 Å². The molecule has 1 aromatic heterocycles. The van der Waals surface area contributed by atoms with E-state index in [2.05, 4.69) is 41.2 Å². The van der Waals surface area contributed by atoms with Crippen LogP contribution >= 0.6 is 27.3 Å². The molecule has 0 fully saturated rings. The molecule has 0 bridgehead atoms. The third-order valence-electron chi connectivity index (χ3n) is 3.01. The molecule has 1 N–H and O–H groups in total. The predicted octanol–water partition coefficient (Wildman–Crippen LogP) is 4.37. The van der Waals surface area contributed by atoms with E-state index in [-0.39, 0.29) is 5.91 Å². The lowest BCUT2D eigenvalue weighted by Gasteiger charge is -2.06. The van der Waals surface area contributed by atoms with E-state index >= 15 is 0 Å². The SMILES string of the molecule is Cc1ccc(Br)c(C(=O)NCc2cc(C)c(C)s2)c1. The maximum absolute atomic E-state index is 12.1. The Labute approximate surface area is 126 Å². The molecule has 0 aliphatic carbocycles. The lowest BCUT2D eigenvalue weighted by Crippen LogP contribution is -2.22. The molecule has 4 heteroatoms. The molecule has 19 heavy (non-hydrogen) atoms. The molecule has 0 saturated carbocycles. The third kappa shape index (κ3) is 3.45. The van der Waals surface area contributed by atoms with Gasteiger partial charge in [0.15, 0.2) is 0 Å². The fourth-order valence-electron chi connectivity index (χ4n) is 1.81. The van der Waals surface area contributed by atoms with E-state index in [1.54, 1.807) is 11.3 Å². The van der Waals surface area contributed by atoms with E-state index < -0.39 is 0 Å².